The molecule has 0 saturated carbocycles. The van der Waals surface area contributed by atoms with Gasteiger partial charge in [-0.3, -0.25) is 10.1 Å². The van der Waals surface area contributed by atoms with E-state index in [4.69, 9.17) is 27.9 Å². The second kappa shape index (κ2) is 8.49. The molecule has 3 rings (SSSR count). The van der Waals surface area contributed by atoms with E-state index in [1.54, 1.807) is 36.5 Å². The Hall–Kier alpha value is -2.15. The summed E-state index contributed by atoms with van der Waals surface area (Å²) in [6.07, 6.45) is 2.30. The summed E-state index contributed by atoms with van der Waals surface area (Å²) in [7, 11) is 0. The van der Waals surface area contributed by atoms with E-state index in [9.17, 15) is 9.18 Å². The molecule has 134 valence electrons. The molecule has 1 N–H and O–H groups in total. The molecule has 0 fully saturated rings. The standard InChI is InChI=1S/C18H13Cl2FN2O2S/c19-12-3-6-16(15(20)8-12)25-10-17(24)23-18-22-9-14(26-18)7-11-1-4-13(21)5-2-11/h1-6,8-9H,7,10H2,(H,22,23,24). The van der Waals surface area contributed by atoms with Gasteiger partial charge in [-0.15, -0.1) is 11.3 Å². The number of thiazole rings is 1. The van der Waals surface area contributed by atoms with Crippen LogP contribution in [-0.4, -0.2) is 17.5 Å². The van der Waals surface area contributed by atoms with Crippen LogP contribution in [0.1, 0.15) is 10.4 Å². The summed E-state index contributed by atoms with van der Waals surface area (Å²) in [5.74, 6) is -0.243. The summed E-state index contributed by atoms with van der Waals surface area (Å²) in [5, 5.41) is 3.97. The summed E-state index contributed by atoms with van der Waals surface area (Å²) < 4.78 is 18.3. The van der Waals surface area contributed by atoms with E-state index in [2.05, 4.69) is 10.3 Å². The number of benzene rings is 2. The van der Waals surface area contributed by atoms with Crippen molar-refractivity contribution in [2.24, 2.45) is 0 Å². The van der Waals surface area contributed by atoms with Crippen LogP contribution in [0.5, 0.6) is 5.75 Å². The summed E-state index contributed by atoms with van der Waals surface area (Å²) in [4.78, 5) is 17.1. The minimum atomic E-state index is -0.348. The number of hydrogen-bond acceptors (Lipinski definition) is 4. The number of carbonyl (C=O) groups excluding carboxylic acids is 1. The summed E-state index contributed by atoms with van der Waals surface area (Å²) >= 11 is 13.1. The molecule has 2 aromatic carbocycles. The van der Waals surface area contributed by atoms with Gasteiger partial charge in [-0.25, -0.2) is 9.37 Å². The van der Waals surface area contributed by atoms with Crippen LogP contribution in [0.4, 0.5) is 9.52 Å². The maximum Gasteiger partial charge on any atom is 0.264 e. The first-order valence-corrected chi connectivity index (χ1v) is 9.14. The third-order valence-corrected chi connectivity index (χ3v) is 4.79. The SMILES string of the molecule is O=C(COc1ccc(Cl)cc1Cl)Nc1ncc(Cc2ccc(F)cc2)s1. The van der Waals surface area contributed by atoms with Crippen molar-refractivity contribution in [3.05, 3.63) is 75.0 Å². The fraction of sp³-hybridized carbons (Fsp3) is 0.111. The molecule has 3 aromatic rings. The summed E-state index contributed by atoms with van der Waals surface area (Å²) in [6.45, 7) is -0.200. The van der Waals surface area contributed by atoms with Crippen LogP contribution in [0, 0.1) is 5.82 Å². The molecule has 0 aliphatic heterocycles. The van der Waals surface area contributed by atoms with Crippen molar-refractivity contribution in [2.75, 3.05) is 11.9 Å². The Balaban J connectivity index is 1.53. The third-order valence-electron chi connectivity index (χ3n) is 3.34. The van der Waals surface area contributed by atoms with Crippen molar-refractivity contribution >= 4 is 45.6 Å². The monoisotopic (exact) mass is 410 g/mol. The average molecular weight is 411 g/mol. The molecule has 0 aliphatic carbocycles. The van der Waals surface area contributed by atoms with Gasteiger partial charge >= 0.3 is 0 Å². The molecule has 0 aliphatic rings. The zero-order valence-electron chi connectivity index (χ0n) is 13.3. The molecule has 1 amide bonds. The first kappa shape index (κ1) is 18.6. The van der Waals surface area contributed by atoms with Crippen molar-refractivity contribution in [3.63, 3.8) is 0 Å². The van der Waals surface area contributed by atoms with Crippen molar-refractivity contribution < 1.29 is 13.9 Å². The van der Waals surface area contributed by atoms with Gasteiger partial charge < -0.3 is 4.74 Å². The van der Waals surface area contributed by atoms with Gasteiger partial charge in [0.15, 0.2) is 11.7 Å². The molecule has 0 unspecified atom stereocenters. The van der Waals surface area contributed by atoms with Gasteiger partial charge in [0.05, 0.1) is 5.02 Å². The van der Waals surface area contributed by atoms with E-state index < -0.39 is 0 Å². The van der Waals surface area contributed by atoms with Crippen LogP contribution < -0.4 is 10.1 Å². The smallest absolute Gasteiger partial charge is 0.264 e. The number of aromatic nitrogens is 1. The van der Waals surface area contributed by atoms with E-state index >= 15 is 0 Å². The van der Waals surface area contributed by atoms with E-state index in [-0.39, 0.29) is 18.3 Å². The molecular weight excluding hydrogens is 398 g/mol. The van der Waals surface area contributed by atoms with E-state index in [1.165, 1.54) is 23.5 Å². The Morgan fingerprint density at radius 1 is 1.19 bits per heavy atom. The van der Waals surface area contributed by atoms with Gasteiger partial charge in [-0.05, 0) is 35.9 Å². The fourth-order valence-electron chi connectivity index (χ4n) is 2.14. The second-order valence-corrected chi connectivity index (χ2v) is 7.31. The molecule has 1 heterocycles. The largest absolute Gasteiger partial charge is 0.482 e. The van der Waals surface area contributed by atoms with Gasteiger partial charge in [-0.2, -0.15) is 0 Å². The Morgan fingerprint density at radius 2 is 1.96 bits per heavy atom. The maximum atomic E-state index is 12.9. The lowest BCUT2D eigenvalue weighted by molar-refractivity contribution is -0.118. The molecule has 0 atom stereocenters. The number of anilines is 1. The van der Waals surface area contributed by atoms with Gasteiger partial charge in [0.2, 0.25) is 0 Å². The zero-order chi connectivity index (χ0) is 18.5. The van der Waals surface area contributed by atoms with Crippen molar-refractivity contribution in [2.45, 2.75) is 6.42 Å². The number of hydrogen-bond donors (Lipinski definition) is 1. The fourth-order valence-corrected chi connectivity index (χ4v) is 3.47. The van der Waals surface area contributed by atoms with Gasteiger partial charge in [0, 0.05) is 22.5 Å². The van der Waals surface area contributed by atoms with E-state index in [0.29, 0.717) is 27.3 Å². The quantitative estimate of drug-likeness (QED) is 0.607. The highest BCUT2D eigenvalue weighted by molar-refractivity contribution is 7.15. The van der Waals surface area contributed by atoms with Crippen molar-refractivity contribution in [1.82, 2.24) is 4.98 Å². The Morgan fingerprint density at radius 3 is 2.69 bits per heavy atom. The predicted octanol–water partition coefficient (Wildman–Crippen LogP) is 5.20. The molecule has 8 heteroatoms. The third kappa shape index (κ3) is 5.17. The first-order valence-electron chi connectivity index (χ1n) is 7.56. The Labute approximate surface area is 163 Å². The van der Waals surface area contributed by atoms with Crippen molar-refractivity contribution in [3.8, 4) is 5.75 Å². The topological polar surface area (TPSA) is 51.2 Å². The highest BCUT2D eigenvalue weighted by Crippen LogP contribution is 2.27. The van der Waals surface area contributed by atoms with Crippen LogP contribution in [0.2, 0.25) is 10.0 Å². The van der Waals surface area contributed by atoms with Crippen molar-refractivity contribution in [1.29, 1.82) is 0 Å². The molecule has 4 nitrogen and oxygen atoms in total. The second-order valence-electron chi connectivity index (χ2n) is 5.35. The summed E-state index contributed by atoms with van der Waals surface area (Å²) in [5.41, 5.74) is 0.966. The molecule has 0 spiro atoms. The number of ether oxygens (including phenoxy) is 1. The lowest BCUT2D eigenvalue weighted by Gasteiger charge is -2.07. The maximum absolute atomic E-state index is 12.9. The Bertz CT molecular complexity index is 916. The zero-order valence-corrected chi connectivity index (χ0v) is 15.7. The van der Waals surface area contributed by atoms with Crippen LogP contribution in [0.15, 0.2) is 48.7 Å². The number of carbonyl (C=O) groups is 1. The predicted molar refractivity (Wildman–Crippen MR) is 102 cm³/mol. The number of nitrogens with one attached hydrogen (secondary N) is 1. The first-order chi connectivity index (χ1) is 12.5. The van der Waals surface area contributed by atoms with Gasteiger partial charge in [-0.1, -0.05) is 35.3 Å². The number of halogens is 3. The molecule has 0 bridgehead atoms. The normalized spacial score (nSPS) is 10.6. The minimum absolute atomic E-state index is 0.200. The van der Waals surface area contributed by atoms with E-state index in [1.807, 2.05) is 0 Å². The minimum Gasteiger partial charge on any atom is -0.482 e. The average Bonchev–Trinajstić information content (AvgIpc) is 3.03. The highest BCUT2D eigenvalue weighted by Gasteiger charge is 2.10. The highest BCUT2D eigenvalue weighted by atomic mass is 35.5. The van der Waals surface area contributed by atoms with E-state index in [0.717, 1.165) is 10.4 Å². The van der Waals surface area contributed by atoms with Gasteiger partial charge in [0.25, 0.3) is 5.91 Å². The van der Waals surface area contributed by atoms with Crippen LogP contribution in [0.3, 0.4) is 0 Å². The van der Waals surface area contributed by atoms with Crippen LogP contribution in [-0.2, 0) is 11.2 Å². The lowest BCUT2D eigenvalue weighted by atomic mass is 10.1. The number of nitrogens with zero attached hydrogens (tertiary/aromatic N) is 1. The molecular formula is C18H13Cl2FN2O2S. The van der Waals surface area contributed by atoms with Crippen LogP contribution in [0.25, 0.3) is 0 Å². The van der Waals surface area contributed by atoms with Gasteiger partial charge in [0.1, 0.15) is 11.6 Å². The molecule has 26 heavy (non-hydrogen) atoms. The summed E-state index contributed by atoms with van der Waals surface area (Å²) in [6, 6.07) is 11.0. The molecule has 0 radical (unpaired) electrons. The molecule has 1 aromatic heterocycles. The lowest BCUT2D eigenvalue weighted by Crippen LogP contribution is -2.20. The van der Waals surface area contributed by atoms with Crippen LogP contribution >= 0.6 is 34.5 Å². The number of amides is 1. The number of rotatable bonds is 6. The molecule has 0 saturated heterocycles. The Kier molecular flexibility index (Phi) is 6.08.